The molecule has 0 bridgehead atoms. The normalized spacial score (nSPS) is 21.2. The van der Waals surface area contributed by atoms with Crippen LogP contribution in [0.5, 0.6) is 5.88 Å². The second-order valence-electron chi connectivity index (χ2n) is 14.0. The monoisotopic (exact) mass is 637 g/mol. The minimum Gasteiger partial charge on any atom is -0.471 e. The Morgan fingerprint density at radius 1 is 1.17 bits per heavy atom. The van der Waals surface area contributed by atoms with Gasteiger partial charge in [-0.2, -0.15) is 0 Å². The van der Waals surface area contributed by atoms with Crippen molar-refractivity contribution in [1.29, 1.82) is 5.41 Å². The second-order valence-corrected chi connectivity index (χ2v) is 14.0. The molecular weight excluding hydrogens is 580 g/mol. The van der Waals surface area contributed by atoms with Crippen LogP contribution in [0.15, 0.2) is 30.3 Å². The SMILES string of the molecule is CCCCc1cc2ccccc2c(OCC[N+](C)(C)C[C@@H]2CCN(CC3CCCCC3)C(=O)[C@](CCCNC(=N)N)(C(N)=O)N2)n1. The Kier molecular flexibility index (Phi) is 12.6. The Hall–Kier alpha value is -3.44. The molecule has 2 fully saturated rings. The summed E-state index contributed by atoms with van der Waals surface area (Å²) >= 11 is 0. The number of aromatic nitrogens is 1. The number of carbonyl (C=O) groups is 2. The molecule has 1 aromatic heterocycles. The molecule has 2 aromatic rings. The Balaban J connectivity index is 1.47. The fraction of sp³-hybridized carbons (Fsp3) is 0.657. The van der Waals surface area contributed by atoms with Crippen molar-refractivity contribution < 1.29 is 18.8 Å². The number of rotatable bonds is 16. The number of carbonyl (C=O) groups excluding carboxylic acids is 2. The van der Waals surface area contributed by atoms with Crippen LogP contribution in [-0.4, -0.2) is 97.1 Å². The molecule has 0 radical (unpaired) electrons. The van der Waals surface area contributed by atoms with Gasteiger partial charge >= 0.3 is 0 Å². The van der Waals surface area contributed by atoms with E-state index in [4.69, 9.17) is 26.6 Å². The first-order valence-corrected chi connectivity index (χ1v) is 17.3. The molecule has 1 aliphatic carbocycles. The standard InChI is InChI=1S/C35H56N8O3/c1-4-5-15-28-23-27-14-9-10-16-30(27)31(40-28)46-22-21-43(2,3)25-29-17-20-42(24-26-12-7-6-8-13-26)33(45)35(41-29,32(36)44)18-11-19-39-34(37)38/h9-10,14,16,23,26,29,41H,4-8,11-13,15,17-22,24-25H2,1-3H3,(H5-,36,37,38,39,44)/p+1/t29-,35-/m0/s1. The van der Waals surface area contributed by atoms with Crippen LogP contribution in [0.3, 0.4) is 0 Å². The highest BCUT2D eigenvalue weighted by atomic mass is 16.5. The predicted octanol–water partition coefficient (Wildman–Crippen LogP) is 3.29. The first-order valence-electron chi connectivity index (χ1n) is 17.3. The number of nitrogens with zero attached hydrogens (tertiary/aromatic N) is 3. The van der Waals surface area contributed by atoms with E-state index in [0.29, 0.717) is 55.5 Å². The average Bonchev–Trinajstić information content (AvgIpc) is 3.15. The largest absolute Gasteiger partial charge is 0.471 e. The van der Waals surface area contributed by atoms with Crippen LogP contribution < -0.4 is 26.8 Å². The quantitative estimate of drug-likeness (QED) is 0.0621. The summed E-state index contributed by atoms with van der Waals surface area (Å²) in [5.74, 6) is 0.129. The second kappa shape index (κ2) is 16.4. The van der Waals surface area contributed by atoms with Gasteiger partial charge in [0, 0.05) is 30.7 Å². The first-order chi connectivity index (χ1) is 22.0. The van der Waals surface area contributed by atoms with Crippen molar-refractivity contribution in [2.75, 3.05) is 53.4 Å². The van der Waals surface area contributed by atoms with E-state index < -0.39 is 11.4 Å². The van der Waals surface area contributed by atoms with Gasteiger partial charge in [-0.25, -0.2) is 4.98 Å². The Morgan fingerprint density at radius 3 is 2.65 bits per heavy atom. The van der Waals surface area contributed by atoms with Gasteiger partial charge < -0.3 is 30.9 Å². The molecule has 1 saturated heterocycles. The Labute approximate surface area is 274 Å². The lowest BCUT2D eigenvalue weighted by Gasteiger charge is -2.38. The van der Waals surface area contributed by atoms with Crippen molar-refractivity contribution >= 4 is 28.5 Å². The smallest absolute Gasteiger partial charge is 0.252 e. The van der Waals surface area contributed by atoms with Gasteiger partial charge in [0.2, 0.25) is 11.8 Å². The number of ether oxygens (including phenoxy) is 1. The third kappa shape index (κ3) is 9.54. The molecule has 2 atom stereocenters. The van der Waals surface area contributed by atoms with Gasteiger partial charge in [-0.05, 0) is 68.4 Å². The minimum absolute atomic E-state index is 0.111. The Bertz CT molecular complexity index is 1330. The number of quaternary nitrogens is 1. The number of benzene rings is 1. The Morgan fingerprint density at radius 2 is 1.93 bits per heavy atom. The van der Waals surface area contributed by atoms with E-state index in [9.17, 15) is 9.59 Å². The zero-order chi connectivity index (χ0) is 33.2. The van der Waals surface area contributed by atoms with E-state index in [-0.39, 0.29) is 24.3 Å². The van der Waals surface area contributed by atoms with Crippen molar-refractivity contribution in [2.45, 2.75) is 89.1 Å². The van der Waals surface area contributed by atoms with E-state index >= 15 is 0 Å². The van der Waals surface area contributed by atoms with Crippen molar-refractivity contribution in [3.8, 4) is 5.88 Å². The van der Waals surface area contributed by atoms with Crippen LogP contribution in [0, 0.1) is 11.3 Å². The van der Waals surface area contributed by atoms with Crippen LogP contribution in [0.25, 0.3) is 10.8 Å². The summed E-state index contributed by atoms with van der Waals surface area (Å²) in [5, 5.41) is 15.9. The number of amides is 2. The lowest BCUT2D eigenvalue weighted by atomic mass is 9.87. The molecule has 4 rings (SSSR count). The van der Waals surface area contributed by atoms with E-state index in [1.165, 1.54) is 19.3 Å². The number of likely N-dealkylation sites (N-methyl/N-ethyl adjacent to an activating group) is 1. The van der Waals surface area contributed by atoms with Crippen LogP contribution >= 0.6 is 0 Å². The molecule has 254 valence electrons. The molecule has 1 aromatic carbocycles. The number of primary amides is 1. The highest BCUT2D eigenvalue weighted by Crippen LogP contribution is 2.29. The molecule has 46 heavy (non-hydrogen) atoms. The fourth-order valence-electron chi connectivity index (χ4n) is 7.11. The van der Waals surface area contributed by atoms with Gasteiger partial charge in [0.25, 0.3) is 5.91 Å². The van der Waals surface area contributed by atoms with Gasteiger partial charge in [-0.1, -0.05) is 50.8 Å². The van der Waals surface area contributed by atoms with Crippen LogP contribution in [-0.2, 0) is 16.0 Å². The number of hydrogen-bond donors (Lipinski definition) is 5. The topological polar surface area (TPSA) is 159 Å². The maximum Gasteiger partial charge on any atom is 0.252 e. The highest BCUT2D eigenvalue weighted by Gasteiger charge is 2.50. The van der Waals surface area contributed by atoms with Gasteiger partial charge in [0.15, 0.2) is 11.5 Å². The predicted molar refractivity (Wildman–Crippen MR) is 183 cm³/mol. The zero-order valence-electron chi connectivity index (χ0n) is 28.3. The molecule has 2 heterocycles. The average molecular weight is 638 g/mol. The van der Waals surface area contributed by atoms with Gasteiger partial charge in [0.05, 0.1) is 26.7 Å². The number of pyridine rings is 1. The van der Waals surface area contributed by atoms with Crippen LogP contribution in [0.4, 0.5) is 0 Å². The molecular formula is C35H57N8O3+. The molecule has 1 aliphatic heterocycles. The van der Waals surface area contributed by atoms with Gasteiger partial charge in [-0.3, -0.25) is 20.3 Å². The van der Waals surface area contributed by atoms with Crippen LogP contribution in [0.1, 0.15) is 76.8 Å². The lowest BCUT2D eigenvalue weighted by Crippen LogP contribution is -2.67. The number of nitrogens with two attached hydrogens (primary N) is 2. The molecule has 11 nitrogen and oxygen atoms in total. The minimum atomic E-state index is -1.51. The van der Waals surface area contributed by atoms with E-state index in [2.05, 4.69) is 49.9 Å². The maximum absolute atomic E-state index is 14.2. The first kappa shape index (κ1) is 35.4. The van der Waals surface area contributed by atoms with E-state index in [1.54, 1.807) is 0 Å². The molecule has 7 N–H and O–H groups in total. The fourth-order valence-corrected chi connectivity index (χ4v) is 7.11. The molecule has 11 heteroatoms. The molecule has 1 saturated carbocycles. The lowest BCUT2D eigenvalue weighted by molar-refractivity contribution is -0.891. The summed E-state index contributed by atoms with van der Waals surface area (Å²) in [6.07, 6.45) is 10.4. The summed E-state index contributed by atoms with van der Waals surface area (Å²) in [6, 6.07) is 10.3. The summed E-state index contributed by atoms with van der Waals surface area (Å²) < 4.78 is 6.98. The van der Waals surface area contributed by atoms with E-state index in [1.807, 2.05) is 17.0 Å². The molecule has 0 unspecified atom stereocenters. The van der Waals surface area contributed by atoms with Gasteiger partial charge in [0.1, 0.15) is 13.2 Å². The van der Waals surface area contributed by atoms with Gasteiger partial charge in [-0.15, -0.1) is 0 Å². The molecule has 2 aliphatic rings. The number of hydrogen-bond acceptors (Lipinski definition) is 6. The summed E-state index contributed by atoms with van der Waals surface area (Å²) in [7, 11) is 4.31. The van der Waals surface area contributed by atoms with Crippen molar-refractivity contribution in [1.82, 2.24) is 20.5 Å². The number of fused-ring (bicyclic) bond motifs is 1. The molecule has 2 amide bonds. The van der Waals surface area contributed by atoms with Crippen molar-refractivity contribution in [2.24, 2.45) is 17.4 Å². The number of nitrogens with one attached hydrogen (secondary N) is 3. The summed E-state index contributed by atoms with van der Waals surface area (Å²) in [6.45, 7) is 5.72. The third-order valence-corrected chi connectivity index (χ3v) is 9.71. The van der Waals surface area contributed by atoms with E-state index in [0.717, 1.165) is 61.5 Å². The zero-order valence-corrected chi connectivity index (χ0v) is 28.3. The summed E-state index contributed by atoms with van der Waals surface area (Å²) in [5.41, 5.74) is 11.1. The van der Waals surface area contributed by atoms with Crippen molar-refractivity contribution in [3.63, 3.8) is 0 Å². The maximum atomic E-state index is 14.2. The third-order valence-electron chi connectivity index (χ3n) is 9.71. The highest BCUT2D eigenvalue weighted by molar-refractivity contribution is 6.09. The number of unbranched alkanes of at least 4 members (excludes halogenated alkanes) is 1. The van der Waals surface area contributed by atoms with Crippen molar-refractivity contribution in [3.05, 3.63) is 36.0 Å². The number of guanidine groups is 1. The number of aryl methyl sites for hydroxylation is 1. The summed E-state index contributed by atoms with van der Waals surface area (Å²) in [4.78, 5) is 34.2. The van der Waals surface area contributed by atoms with Crippen LogP contribution in [0.2, 0.25) is 0 Å². The molecule has 0 spiro atoms.